The highest BCUT2D eigenvalue weighted by molar-refractivity contribution is 5.85. The zero-order valence-electron chi connectivity index (χ0n) is 14.9. The number of rotatable bonds is 8. The lowest BCUT2D eigenvalue weighted by molar-refractivity contribution is 0.306. The summed E-state index contributed by atoms with van der Waals surface area (Å²) in [6, 6.07) is 26.5. The molecule has 0 aliphatic rings. The highest BCUT2D eigenvalue weighted by atomic mass is 35.5. The molecule has 0 saturated carbocycles. The van der Waals surface area contributed by atoms with E-state index in [0.29, 0.717) is 6.61 Å². The number of ether oxygens (including phenoxy) is 2. The minimum absolute atomic E-state index is 0. The number of halogens is 1. The average molecular weight is 370 g/mol. The SMILES string of the molecule is COc1ccccc1CNCc1ccc(OCc2ccccc2)cc1.Cl. The molecule has 0 fully saturated rings. The second-order valence-electron chi connectivity index (χ2n) is 5.83. The molecule has 0 bridgehead atoms. The monoisotopic (exact) mass is 369 g/mol. The van der Waals surface area contributed by atoms with Gasteiger partial charge in [-0.3, -0.25) is 0 Å². The van der Waals surface area contributed by atoms with Gasteiger partial charge in [0.2, 0.25) is 0 Å². The molecule has 0 saturated heterocycles. The fourth-order valence-electron chi connectivity index (χ4n) is 2.63. The van der Waals surface area contributed by atoms with Crippen LogP contribution in [0.15, 0.2) is 78.9 Å². The van der Waals surface area contributed by atoms with Crippen molar-refractivity contribution in [1.82, 2.24) is 5.32 Å². The summed E-state index contributed by atoms with van der Waals surface area (Å²) in [5.41, 5.74) is 3.56. The fourth-order valence-corrected chi connectivity index (χ4v) is 2.63. The Balaban J connectivity index is 0.00000243. The quantitative estimate of drug-likeness (QED) is 0.607. The van der Waals surface area contributed by atoms with E-state index >= 15 is 0 Å². The normalized spacial score (nSPS) is 10.0. The first-order valence-corrected chi connectivity index (χ1v) is 8.43. The third-order valence-corrected chi connectivity index (χ3v) is 4.01. The predicted octanol–water partition coefficient (Wildman–Crippen LogP) is 4.99. The first kappa shape index (κ1) is 19.8. The van der Waals surface area contributed by atoms with Crippen LogP contribution >= 0.6 is 12.4 Å². The molecule has 0 heterocycles. The molecule has 0 amide bonds. The molecule has 0 radical (unpaired) electrons. The Kier molecular flexibility index (Phi) is 8.00. The smallest absolute Gasteiger partial charge is 0.123 e. The summed E-state index contributed by atoms with van der Waals surface area (Å²) in [7, 11) is 1.70. The van der Waals surface area contributed by atoms with Crippen LogP contribution in [0, 0.1) is 0 Å². The third-order valence-electron chi connectivity index (χ3n) is 4.01. The summed E-state index contributed by atoms with van der Waals surface area (Å²) in [5, 5.41) is 3.45. The van der Waals surface area contributed by atoms with Gasteiger partial charge in [0.1, 0.15) is 18.1 Å². The summed E-state index contributed by atoms with van der Waals surface area (Å²) in [6.45, 7) is 2.17. The molecule has 4 heteroatoms. The Labute approximate surface area is 161 Å². The number of methoxy groups -OCH3 is 1. The van der Waals surface area contributed by atoms with Crippen LogP contribution in [0.1, 0.15) is 16.7 Å². The number of benzene rings is 3. The van der Waals surface area contributed by atoms with Gasteiger partial charge in [0.15, 0.2) is 0 Å². The number of nitrogens with one attached hydrogen (secondary N) is 1. The predicted molar refractivity (Wildman–Crippen MR) is 108 cm³/mol. The van der Waals surface area contributed by atoms with Gasteiger partial charge in [0.05, 0.1) is 7.11 Å². The van der Waals surface area contributed by atoms with Crippen LogP contribution in [0.3, 0.4) is 0 Å². The van der Waals surface area contributed by atoms with Crippen molar-refractivity contribution in [3.8, 4) is 11.5 Å². The van der Waals surface area contributed by atoms with Crippen LogP contribution in [0.5, 0.6) is 11.5 Å². The second kappa shape index (κ2) is 10.5. The zero-order valence-corrected chi connectivity index (χ0v) is 15.7. The first-order valence-electron chi connectivity index (χ1n) is 8.43. The largest absolute Gasteiger partial charge is 0.496 e. The van der Waals surface area contributed by atoms with Crippen molar-refractivity contribution in [1.29, 1.82) is 0 Å². The minimum atomic E-state index is 0. The molecular weight excluding hydrogens is 346 g/mol. The van der Waals surface area contributed by atoms with E-state index < -0.39 is 0 Å². The highest BCUT2D eigenvalue weighted by Gasteiger charge is 2.01. The van der Waals surface area contributed by atoms with Crippen molar-refractivity contribution in [3.05, 3.63) is 95.6 Å². The third kappa shape index (κ3) is 5.80. The van der Waals surface area contributed by atoms with Crippen molar-refractivity contribution in [2.24, 2.45) is 0 Å². The lowest BCUT2D eigenvalue weighted by Gasteiger charge is -2.10. The van der Waals surface area contributed by atoms with Crippen LogP contribution in [-0.4, -0.2) is 7.11 Å². The van der Waals surface area contributed by atoms with Crippen molar-refractivity contribution < 1.29 is 9.47 Å². The molecule has 0 aliphatic carbocycles. The second-order valence-corrected chi connectivity index (χ2v) is 5.83. The Bertz CT molecular complexity index is 776. The lowest BCUT2D eigenvalue weighted by atomic mass is 10.2. The summed E-state index contributed by atoms with van der Waals surface area (Å²) < 4.78 is 11.2. The molecule has 3 aromatic carbocycles. The molecule has 136 valence electrons. The molecule has 0 spiro atoms. The average Bonchev–Trinajstić information content (AvgIpc) is 2.68. The maximum Gasteiger partial charge on any atom is 0.123 e. The Morgan fingerprint density at radius 1 is 0.731 bits per heavy atom. The topological polar surface area (TPSA) is 30.5 Å². The molecule has 3 nitrogen and oxygen atoms in total. The van der Waals surface area contributed by atoms with Crippen LogP contribution in [0.25, 0.3) is 0 Å². The maximum atomic E-state index is 5.81. The van der Waals surface area contributed by atoms with E-state index in [1.807, 2.05) is 48.5 Å². The van der Waals surface area contributed by atoms with Gasteiger partial charge in [-0.2, -0.15) is 0 Å². The van der Waals surface area contributed by atoms with E-state index in [1.165, 1.54) is 11.1 Å². The molecule has 0 aromatic heterocycles. The Hall–Kier alpha value is -2.49. The van der Waals surface area contributed by atoms with Gasteiger partial charge >= 0.3 is 0 Å². The fraction of sp³-hybridized carbons (Fsp3) is 0.182. The van der Waals surface area contributed by atoms with Crippen molar-refractivity contribution in [2.75, 3.05) is 7.11 Å². The number of hydrogen-bond donors (Lipinski definition) is 1. The summed E-state index contributed by atoms with van der Waals surface area (Å²) >= 11 is 0. The summed E-state index contributed by atoms with van der Waals surface area (Å²) in [6.07, 6.45) is 0. The van der Waals surface area contributed by atoms with Crippen LogP contribution in [0.2, 0.25) is 0 Å². The van der Waals surface area contributed by atoms with Gasteiger partial charge in [-0.25, -0.2) is 0 Å². The van der Waals surface area contributed by atoms with Gasteiger partial charge in [-0.05, 0) is 29.3 Å². The van der Waals surface area contributed by atoms with Crippen molar-refractivity contribution >= 4 is 12.4 Å². The number of hydrogen-bond acceptors (Lipinski definition) is 3. The highest BCUT2D eigenvalue weighted by Crippen LogP contribution is 2.17. The standard InChI is InChI=1S/C22H23NO2.ClH/c1-24-22-10-6-5-9-20(22)16-23-15-18-11-13-21(14-12-18)25-17-19-7-3-2-4-8-19;/h2-14,23H,15-17H2,1H3;1H. The van der Waals surface area contributed by atoms with E-state index in [0.717, 1.165) is 30.2 Å². The van der Waals surface area contributed by atoms with E-state index in [1.54, 1.807) is 7.11 Å². The molecular formula is C22H24ClNO2. The summed E-state index contributed by atoms with van der Waals surface area (Å²) in [4.78, 5) is 0. The van der Waals surface area contributed by atoms with Crippen molar-refractivity contribution in [2.45, 2.75) is 19.7 Å². The summed E-state index contributed by atoms with van der Waals surface area (Å²) in [5.74, 6) is 1.80. The van der Waals surface area contributed by atoms with Crippen molar-refractivity contribution in [3.63, 3.8) is 0 Å². The molecule has 3 rings (SSSR count). The molecule has 3 aromatic rings. The van der Waals surface area contributed by atoms with Crippen LogP contribution in [-0.2, 0) is 19.7 Å². The van der Waals surface area contributed by atoms with Crippen LogP contribution < -0.4 is 14.8 Å². The van der Waals surface area contributed by atoms with Gasteiger partial charge < -0.3 is 14.8 Å². The maximum absolute atomic E-state index is 5.81. The number of para-hydroxylation sites is 1. The molecule has 0 aliphatic heterocycles. The minimum Gasteiger partial charge on any atom is -0.496 e. The van der Waals surface area contributed by atoms with Gasteiger partial charge in [0, 0.05) is 18.7 Å². The van der Waals surface area contributed by atoms with Crippen LogP contribution in [0.4, 0.5) is 0 Å². The van der Waals surface area contributed by atoms with E-state index in [9.17, 15) is 0 Å². The first-order chi connectivity index (χ1) is 12.3. The zero-order chi connectivity index (χ0) is 17.3. The van der Waals surface area contributed by atoms with E-state index in [-0.39, 0.29) is 12.4 Å². The Morgan fingerprint density at radius 3 is 2.15 bits per heavy atom. The molecule has 1 N–H and O–H groups in total. The van der Waals surface area contributed by atoms with Gasteiger partial charge in [-0.1, -0.05) is 60.7 Å². The molecule has 0 atom stereocenters. The molecule has 26 heavy (non-hydrogen) atoms. The Morgan fingerprint density at radius 2 is 1.42 bits per heavy atom. The van der Waals surface area contributed by atoms with Gasteiger partial charge in [0.25, 0.3) is 0 Å². The van der Waals surface area contributed by atoms with Gasteiger partial charge in [-0.15, -0.1) is 12.4 Å². The lowest BCUT2D eigenvalue weighted by Crippen LogP contribution is -2.13. The van der Waals surface area contributed by atoms with E-state index in [4.69, 9.17) is 9.47 Å². The molecule has 0 unspecified atom stereocenters. The van der Waals surface area contributed by atoms with E-state index in [2.05, 4.69) is 35.6 Å².